The molecule has 0 spiro atoms. The van der Waals surface area contributed by atoms with Crippen molar-refractivity contribution in [3.05, 3.63) is 41.9 Å². The van der Waals surface area contributed by atoms with Crippen molar-refractivity contribution in [1.29, 1.82) is 10.8 Å². The van der Waals surface area contributed by atoms with Gasteiger partial charge in [0, 0.05) is 42.4 Å². The van der Waals surface area contributed by atoms with Gasteiger partial charge in [-0.3, -0.25) is 10.4 Å². The maximum Gasteiger partial charge on any atom is 0.132 e. The van der Waals surface area contributed by atoms with E-state index in [2.05, 4.69) is 36.8 Å². The van der Waals surface area contributed by atoms with E-state index >= 15 is 0 Å². The molecule has 6 nitrogen and oxygen atoms in total. The first-order chi connectivity index (χ1) is 16.8. The van der Waals surface area contributed by atoms with Gasteiger partial charge in [0.2, 0.25) is 0 Å². The van der Waals surface area contributed by atoms with Gasteiger partial charge in [-0.1, -0.05) is 80.1 Å². The summed E-state index contributed by atoms with van der Waals surface area (Å²) in [5.41, 5.74) is 10.0. The number of hydrogen-bond acceptors (Lipinski definition) is 6. The molecule has 0 bridgehead atoms. The molecule has 6 heteroatoms. The number of pyridine rings is 2. The molecule has 2 aromatic heterocycles. The van der Waals surface area contributed by atoms with Crippen molar-refractivity contribution in [1.82, 2.24) is 9.97 Å². The van der Waals surface area contributed by atoms with Crippen LogP contribution in [0.5, 0.6) is 0 Å². The second-order valence-corrected chi connectivity index (χ2v) is 9.18. The fraction of sp³-hybridized carbons (Fsp3) is 0.586. The van der Waals surface area contributed by atoms with E-state index in [0.717, 1.165) is 37.0 Å². The average molecular weight is 484 g/mol. The molecule has 2 heterocycles. The second-order valence-electron chi connectivity index (χ2n) is 9.18. The Morgan fingerprint density at radius 2 is 1.57 bits per heavy atom. The van der Waals surface area contributed by atoms with E-state index in [-0.39, 0.29) is 5.71 Å². The Labute approximate surface area is 213 Å². The van der Waals surface area contributed by atoms with Crippen LogP contribution in [-0.4, -0.2) is 33.6 Å². The lowest BCUT2D eigenvalue weighted by Gasteiger charge is -2.14. The van der Waals surface area contributed by atoms with Crippen LogP contribution in [0.2, 0.25) is 0 Å². The zero-order valence-electron chi connectivity index (χ0n) is 23.1. The lowest BCUT2D eigenvalue weighted by atomic mass is 9.93. The van der Waals surface area contributed by atoms with E-state index < -0.39 is 0 Å². The molecule has 1 fully saturated rings. The summed E-state index contributed by atoms with van der Waals surface area (Å²) >= 11 is 0. The van der Waals surface area contributed by atoms with Crippen LogP contribution in [0.15, 0.2) is 30.7 Å². The van der Waals surface area contributed by atoms with E-state index in [4.69, 9.17) is 21.7 Å². The zero-order valence-corrected chi connectivity index (χ0v) is 23.1. The van der Waals surface area contributed by atoms with Crippen molar-refractivity contribution in [3.8, 4) is 11.1 Å². The van der Waals surface area contributed by atoms with Crippen LogP contribution in [0.1, 0.15) is 97.6 Å². The van der Waals surface area contributed by atoms with Crippen LogP contribution in [0.25, 0.3) is 11.1 Å². The van der Waals surface area contributed by atoms with Crippen LogP contribution in [-0.2, 0) is 6.42 Å². The maximum atomic E-state index is 8.29. The van der Waals surface area contributed by atoms with Crippen molar-refractivity contribution in [2.75, 3.05) is 12.8 Å². The van der Waals surface area contributed by atoms with Crippen molar-refractivity contribution < 1.29 is 5.11 Å². The van der Waals surface area contributed by atoms with Crippen LogP contribution in [0.3, 0.4) is 0 Å². The van der Waals surface area contributed by atoms with Gasteiger partial charge < -0.3 is 16.2 Å². The number of aliphatic hydroxyl groups is 1. The average Bonchev–Trinajstić information content (AvgIpc) is 3.75. The predicted octanol–water partition coefficient (Wildman–Crippen LogP) is 7.33. The predicted molar refractivity (Wildman–Crippen MR) is 152 cm³/mol. The highest BCUT2D eigenvalue weighted by atomic mass is 16.2. The summed E-state index contributed by atoms with van der Waals surface area (Å²) in [4.78, 5) is 8.69. The molecule has 1 saturated carbocycles. The summed E-state index contributed by atoms with van der Waals surface area (Å²) in [6.45, 7) is 12.8. The van der Waals surface area contributed by atoms with E-state index in [1.54, 1.807) is 6.20 Å². The molecule has 1 aliphatic rings. The SMILES string of the molecule is C1CC1.CC.CCCC(=N)C(=N)c1cc(-c2cncc(C[C@@H](C)CCC(C)C)c2)cnc1N.CO. The zero-order chi connectivity index (χ0) is 26.8. The van der Waals surface area contributed by atoms with Gasteiger partial charge in [0.1, 0.15) is 5.82 Å². The lowest BCUT2D eigenvalue weighted by molar-refractivity contribution is 0.399. The molecule has 0 unspecified atom stereocenters. The Morgan fingerprint density at radius 3 is 2.11 bits per heavy atom. The molecular formula is C29H49N5O. The standard InChI is InChI=1S/C23H33N5.C3H6.C2H6.CH4O/c1-5-6-21(24)22(25)20-11-19(14-28-23(20)26)18-10-17(12-27-13-18)9-16(4)8-7-15(2)3;1-2-3-1;2*1-2/h10-16,24-25H,5-9H2,1-4H3,(H2,26,28);1-3H2;1-2H3;2H,1H3/t16-;;;/m0.../s1. The minimum absolute atomic E-state index is 0.153. The van der Waals surface area contributed by atoms with Crippen molar-refractivity contribution in [3.63, 3.8) is 0 Å². The number of nitrogens with two attached hydrogens (primary N) is 1. The number of aromatic nitrogens is 2. The number of rotatable bonds is 10. The summed E-state index contributed by atoms with van der Waals surface area (Å²) in [6, 6.07) is 4.01. The summed E-state index contributed by atoms with van der Waals surface area (Å²) in [5.74, 6) is 1.64. The van der Waals surface area contributed by atoms with Gasteiger partial charge in [-0.05, 0) is 42.4 Å². The van der Waals surface area contributed by atoms with Gasteiger partial charge in [-0.25, -0.2) is 4.98 Å². The molecule has 35 heavy (non-hydrogen) atoms. The molecule has 2 aromatic rings. The van der Waals surface area contributed by atoms with Crippen molar-refractivity contribution in [2.45, 2.75) is 92.9 Å². The Bertz CT molecular complexity index is 874. The fourth-order valence-electron chi connectivity index (χ4n) is 3.25. The minimum Gasteiger partial charge on any atom is -0.400 e. The summed E-state index contributed by atoms with van der Waals surface area (Å²) in [7, 11) is 1.00. The molecule has 0 aliphatic heterocycles. The van der Waals surface area contributed by atoms with E-state index in [0.29, 0.717) is 29.4 Å². The Kier molecular flexibility index (Phi) is 17.3. The Morgan fingerprint density at radius 1 is 0.971 bits per heavy atom. The third kappa shape index (κ3) is 13.2. The van der Waals surface area contributed by atoms with E-state index in [1.165, 1.54) is 37.7 Å². The highest BCUT2D eigenvalue weighted by Crippen LogP contribution is 2.25. The molecule has 3 rings (SSSR count). The quantitative estimate of drug-likeness (QED) is 0.264. The summed E-state index contributed by atoms with van der Waals surface area (Å²) in [5, 5.41) is 23.4. The van der Waals surface area contributed by atoms with Gasteiger partial charge in [0.25, 0.3) is 0 Å². The first kappa shape index (κ1) is 32.4. The number of nitrogen functional groups attached to an aromatic ring is 1. The summed E-state index contributed by atoms with van der Waals surface area (Å²) < 4.78 is 0. The molecule has 1 aliphatic carbocycles. The van der Waals surface area contributed by atoms with E-state index in [9.17, 15) is 0 Å². The first-order valence-electron chi connectivity index (χ1n) is 13.1. The largest absolute Gasteiger partial charge is 0.400 e. The minimum atomic E-state index is 0.153. The Balaban J connectivity index is 0.00000146. The Hall–Kier alpha value is -2.60. The fourth-order valence-corrected chi connectivity index (χ4v) is 3.25. The number of nitrogens with one attached hydrogen (secondary N) is 2. The smallest absolute Gasteiger partial charge is 0.132 e. The first-order valence-corrected chi connectivity index (χ1v) is 13.1. The molecule has 5 N–H and O–H groups in total. The molecule has 0 aromatic carbocycles. The number of aliphatic hydroxyl groups excluding tert-OH is 1. The topological polar surface area (TPSA) is 120 Å². The highest BCUT2D eigenvalue weighted by molar-refractivity contribution is 6.47. The van der Waals surface area contributed by atoms with E-state index in [1.807, 2.05) is 39.2 Å². The summed E-state index contributed by atoms with van der Waals surface area (Å²) in [6.07, 6.45) is 14.8. The number of anilines is 1. The van der Waals surface area contributed by atoms with Gasteiger partial charge >= 0.3 is 0 Å². The molecule has 0 amide bonds. The lowest BCUT2D eigenvalue weighted by Crippen LogP contribution is -2.15. The van der Waals surface area contributed by atoms with Gasteiger partial charge in [0.15, 0.2) is 0 Å². The molecule has 1 atom stereocenters. The third-order valence-electron chi connectivity index (χ3n) is 5.29. The molecule has 0 radical (unpaired) electrons. The molecular weight excluding hydrogens is 434 g/mol. The number of hydrogen-bond donors (Lipinski definition) is 4. The molecule has 0 saturated heterocycles. The second kappa shape index (κ2) is 18.7. The molecule has 196 valence electrons. The van der Waals surface area contributed by atoms with Crippen molar-refractivity contribution >= 4 is 17.2 Å². The van der Waals surface area contributed by atoms with Crippen LogP contribution in [0, 0.1) is 22.7 Å². The van der Waals surface area contributed by atoms with Crippen LogP contribution < -0.4 is 5.73 Å². The maximum absolute atomic E-state index is 8.29. The van der Waals surface area contributed by atoms with Gasteiger partial charge in [-0.15, -0.1) is 0 Å². The monoisotopic (exact) mass is 483 g/mol. The third-order valence-corrected chi connectivity index (χ3v) is 5.29. The van der Waals surface area contributed by atoms with Crippen LogP contribution >= 0.6 is 0 Å². The number of nitrogens with zero attached hydrogens (tertiary/aromatic N) is 2. The highest BCUT2D eigenvalue weighted by Gasteiger charge is 2.14. The van der Waals surface area contributed by atoms with Gasteiger partial charge in [0.05, 0.1) is 11.4 Å². The normalized spacial score (nSPS) is 12.1. The van der Waals surface area contributed by atoms with Crippen molar-refractivity contribution in [2.24, 2.45) is 11.8 Å². The van der Waals surface area contributed by atoms with Gasteiger partial charge in [-0.2, -0.15) is 0 Å². The van der Waals surface area contributed by atoms with Crippen LogP contribution in [0.4, 0.5) is 5.82 Å².